The van der Waals surface area contributed by atoms with Crippen molar-refractivity contribution in [2.24, 2.45) is 5.92 Å². The van der Waals surface area contributed by atoms with Crippen molar-refractivity contribution in [2.45, 2.75) is 6.42 Å². The molecule has 5 heteroatoms. The normalized spacial score (nSPS) is 15.8. The number of pyridine rings is 1. The first-order valence-corrected chi connectivity index (χ1v) is 8.66. The van der Waals surface area contributed by atoms with Gasteiger partial charge in [0.1, 0.15) is 11.5 Å². The van der Waals surface area contributed by atoms with E-state index in [0.717, 1.165) is 34.4 Å². The molecule has 0 bridgehead atoms. The SMILES string of the molecule is COc1ccc2c(c1)OC[C@@H](CNC(=O)c1cccc3ncccc13)C2. The van der Waals surface area contributed by atoms with Crippen LogP contribution < -0.4 is 14.8 Å². The van der Waals surface area contributed by atoms with Gasteiger partial charge in [-0.1, -0.05) is 18.2 Å². The number of benzene rings is 2. The molecule has 0 aliphatic carbocycles. The maximum absolute atomic E-state index is 12.6. The Morgan fingerprint density at radius 3 is 3.08 bits per heavy atom. The number of rotatable bonds is 4. The summed E-state index contributed by atoms with van der Waals surface area (Å²) < 4.78 is 11.1. The van der Waals surface area contributed by atoms with Crippen molar-refractivity contribution in [3.63, 3.8) is 0 Å². The Balaban J connectivity index is 1.43. The van der Waals surface area contributed by atoms with Crippen LogP contribution >= 0.6 is 0 Å². The first-order chi connectivity index (χ1) is 12.7. The molecule has 1 N–H and O–H groups in total. The fraction of sp³-hybridized carbons (Fsp3) is 0.238. The van der Waals surface area contributed by atoms with Crippen molar-refractivity contribution in [2.75, 3.05) is 20.3 Å². The monoisotopic (exact) mass is 348 g/mol. The van der Waals surface area contributed by atoms with Crippen molar-refractivity contribution in [3.05, 3.63) is 65.9 Å². The summed E-state index contributed by atoms with van der Waals surface area (Å²) in [6.45, 7) is 1.15. The van der Waals surface area contributed by atoms with Crippen LogP contribution in [-0.2, 0) is 6.42 Å². The van der Waals surface area contributed by atoms with Gasteiger partial charge in [-0.15, -0.1) is 0 Å². The summed E-state index contributed by atoms with van der Waals surface area (Å²) in [7, 11) is 1.64. The zero-order valence-electron chi connectivity index (χ0n) is 14.6. The molecule has 2 aromatic carbocycles. The highest BCUT2D eigenvalue weighted by Gasteiger charge is 2.21. The highest BCUT2D eigenvalue weighted by Crippen LogP contribution is 2.30. The number of hydrogen-bond donors (Lipinski definition) is 1. The standard InChI is InChI=1S/C21H20N2O3/c1-25-16-8-7-15-10-14(13-26-20(15)11-16)12-23-21(24)18-4-2-6-19-17(18)5-3-9-22-19/h2-9,11,14H,10,12-13H2,1H3,(H,23,24)/t14-/m1/s1. The van der Waals surface area contributed by atoms with Crippen LogP contribution in [0.25, 0.3) is 10.9 Å². The Morgan fingerprint density at radius 1 is 1.27 bits per heavy atom. The van der Waals surface area contributed by atoms with E-state index in [9.17, 15) is 4.79 Å². The molecule has 2 heterocycles. The molecule has 0 unspecified atom stereocenters. The number of nitrogens with zero attached hydrogens (tertiary/aromatic N) is 1. The Bertz CT molecular complexity index is 950. The molecule has 5 nitrogen and oxygen atoms in total. The van der Waals surface area contributed by atoms with Crippen LogP contribution in [0.4, 0.5) is 0 Å². The van der Waals surface area contributed by atoms with Gasteiger partial charge in [0.05, 0.1) is 19.2 Å². The molecule has 4 rings (SSSR count). The summed E-state index contributed by atoms with van der Waals surface area (Å²) in [5.74, 6) is 1.82. The van der Waals surface area contributed by atoms with Gasteiger partial charge in [-0.2, -0.15) is 0 Å². The third-order valence-electron chi connectivity index (χ3n) is 4.70. The number of amides is 1. The number of carbonyl (C=O) groups excluding carboxylic acids is 1. The lowest BCUT2D eigenvalue weighted by atomic mass is 9.96. The van der Waals surface area contributed by atoms with Crippen LogP contribution in [0.1, 0.15) is 15.9 Å². The summed E-state index contributed by atoms with van der Waals surface area (Å²) >= 11 is 0. The number of methoxy groups -OCH3 is 1. The van der Waals surface area contributed by atoms with Gasteiger partial charge in [0, 0.05) is 35.7 Å². The van der Waals surface area contributed by atoms with E-state index in [-0.39, 0.29) is 11.8 Å². The van der Waals surface area contributed by atoms with E-state index in [4.69, 9.17) is 9.47 Å². The zero-order valence-corrected chi connectivity index (χ0v) is 14.6. The number of carbonyl (C=O) groups is 1. The minimum absolute atomic E-state index is 0.0795. The van der Waals surface area contributed by atoms with E-state index in [0.29, 0.717) is 18.7 Å². The summed E-state index contributed by atoms with van der Waals surface area (Å²) in [6, 6.07) is 15.2. The highest BCUT2D eigenvalue weighted by atomic mass is 16.5. The van der Waals surface area contributed by atoms with Gasteiger partial charge >= 0.3 is 0 Å². The van der Waals surface area contributed by atoms with E-state index < -0.39 is 0 Å². The molecule has 1 aliphatic rings. The van der Waals surface area contributed by atoms with Gasteiger partial charge in [-0.05, 0) is 36.2 Å². The second-order valence-corrected chi connectivity index (χ2v) is 6.44. The summed E-state index contributed by atoms with van der Waals surface area (Å²) in [5.41, 5.74) is 2.62. The second-order valence-electron chi connectivity index (χ2n) is 6.44. The van der Waals surface area contributed by atoms with Crippen molar-refractivity contribution in [1.29, 1.82) is 0 Å². The average molecular weight is 348 g/mol. The Labute approximate surface area is 152 Å². The molecule has 0 saturated heterocycles. The van der Waals surface area contributed by atoms with Crippen LogP contribution in [0.3, 0.4) is 0 Å². The van der Waals surface area contributed by atoms with E-state index in [2.05, 4.69) is 10.3 Å². The quantitative estimate of drug-likeness (QED) is 0.786. The van der Waals surface area contributed by atoms with Crippen LogP contribution in [0.2, 0.25) is 0 Å². The number of ether oxygens (including phenoxy) is 2. The topological polar surface area (TPSA) is 60.5 Å². The summed E-state index contributed by atoms with van der Waals surface area (Å²) in [4.78, 5) is 16.9. The van der Waals surface area contributed by atoms with Crippen LogP contribution in [0, 0.1) is 5.92 Å². The predicted molar refractivity (Wildman–Crippen MR) is 99.8 cm³/mol. The van der Waals surface area contributed by atoms with Gasteiger partial charge in [0.2, 0.25) is 0 Å². The van der Waals surface area contributed by atoms with Crippen molar-refractivity contribution < 1.29 is 14.3 Å². The number of fused-ring (bicyclic) bond motifs is 2. The van der Waals surface area contributed by atoms with E-state index in [1.807, 2.05) is 48.5 Å². The average Bonchev–Trinajstić information content (AvgIpc) is 2.71. The molecule has 1 aromatic heterocycles. The fourth-order valence-corrected chi connectivity index (χ4v) is 3.31. The first kappa shape index (κ1) is 16.4. The number of hydrogen-bond acceptors (Lipinski definition) is 4. The highest BCUT2D eigenvalue weighted by molar-refractivity contribution is 6.06. The Kier molecular flexibility index (Phi) is 4.44. The predicted octanol–water partition coefficient (Wildman–Crippen LogP) is 3.22. The zero-order chi connectivity index (χ0) is 17.9. The number of nitrogens with one attached hydrogen (secondary N) is 1. The maximum atomic E-state index is 12.6. The number of aromatic nitrogens is 1. The van der Waals surface area contributed by atoms with Gasteiger partial charge in [-0.3, -0.25) is 9.78 Å². The van der Waals surface area contributed by atoms with E-state index in [1.165, 1.54) is 0 Å². The van der Waals surface area contributed by atoms with Gasteiger partial charge in [0.25, 0.3) is 5.91 Å². The fourth-order valence-electron chi connectivity index (χ4n) is 3.31. The molecule has 26 heavy (non-hydrogen) atoms. The van der Waals surface area contributed by atoms with Gasteiger partial charge < -0.3 is 14.8 Å². The first-order valence-electron chi connectivity index (χ1n) is 8.66. The van der Waals surface area contributed by atoms with Crippen molar-refractivity contribution in [3.8, 4) is 11.5 Å². The molecule has 3 aromatic rings. The largest absolute Gasteiger partial charge is 0.497 e. The molecule has 1 amide bonds. The van der Waals surface area contributed by atoms with Gasteiger partial charge in [-0.25, -0.2) is 0 Å². The molecule has 132 valence electrons. The lowest BCUT2D eigenvalue weighted by Crippen LogP contribution is -2.34. The molecule has 0 spiro atoms. The smallest absolute Gasteiger partial charge is 0.251 e. The van der Waals surface area contributed by atoms with E-state index in [1.54, 1.807) is 13.3 Å². The summed E-state index contributed by atoms with van der Waals surface area (Å²) in [5, 5.41) is 3.91. The van der Waals surface area contributed by atoms with Crippen molar-refractivity contribution in [1.82, 2.24) is 10.3 Å². The molecule has 1 atom stereocenters. The lowest BCUT2D eigenvalue weighted by Gasteiger charge is -2.26. The Morgan fingerprint density at radius 2 is 2.19 bits per heavy atom. The maximum Gasteiger partial charge on any atom is 0.251 e. The molecule has 0 fully saturated rings. The third-order valence-corrected chi connectivity index (χ3v) is 4.70. The molecule has 0 radical (unpaired) electrons. The van der Waals surface area contributed by atoms with Crippen LogP contribution in [-0.4, -0.2) is 31.2 Å². The minimum atomic E-state index is -0.0795. The Hall–Kier alpha value is -3.08. The van der Waals surface area contributed by atoms with Gasteiger partial charge in [0.15, 0.2) is 0 Å². The lowest BCUT2D eigenvalue weighted by molar-refractivity contribution is 0.0940. The molecule has 0 saturated carbocycles. The van der Waals surface area contributed by atoms with Crippen LogP contribution in [0.15, 0.2) is 54.7 Å². The minimum Gasteiger partial charge on any atom is -0.497 e. The third kappa shape index (κ3) is 3.20. The van der Waals surface area contributed by atoms with Crippen molar-refractivity contribution >= 4 is 16.8 Å². The molecule has 1 aliphatic heterocycles. The van der Waals surface area contributed by atoms with Crippen LogP contribution in [0.5, 0.6) is 11.5 Å². The summed E-state index contributed by atoms with van der Waals surface area (Å²) in [6.07, 6.45) is 2.60. The molecular weight excluding hydrogens is 328 g/mol. The molecular formula is C21H20N2O3. The second kappa shape index (κ2) is 7.04. The van der Waals surface area contributed by atoms with E-state index >= 15 is 0 Å².